The molecule has 21 heavy (non-hydrogen) atoms. The monoisotopic (exact) mass is 317 g/mol. The van der Waals surface area contributed by atoms with Gasteiger partial charge in [-0.3, -0.25) is 10.1 Å². The Morgan fingerprint density at radius 1 is 1.24 bits per heavy atom. The van der Waals surface area contributed by atoms with Gasteiger partial charge in [-0.15, -0.1) is 22.7 Å². The molecule has 0 saturated carbocycles. The molecule has 3 aromatic heterocycles. The fourth-order valence-corrected chi connectivity index (χ4v) is 4.37. The number of carbonyl (C=O) groups is 1. The molecule has 0 spiro atoms. The van der Waals surface area contributed by atoms with Gasteiger partial charge in [0.05, 0.1) is 11.4 Å². The Hall–Kier alpha value is -2.06. The summed E-state index contributed by atoms with van der Waals surface area (Å²) in [5, 5.41) is 3.47. The molecule has 3 aromatic rings. The normalized spacial score (nSPS) is 13.5. The lowest BCUT2D eigenvalue weighted by molar-refractivity contribution is 0.103. The number of carbonyl (C=O) groups excluding carboxylic acids is 1. The maximum absolute atomic E-state index is 12.4. The standard InChI is InChI=1S/C13H11N5OS2/c14-8-9-12(16-5-4-15-9)21-10(8)11(19)18-13-17-6-2-1-3-7(6)20-13/h4-5H,1-3,14H2,(H,17,18,19). The number of nitrogens with one attached hydrogen (secondary N) is 1. The Morgan fingerprint density at radius 2 is 2.10 bits per heavy atom. The molecule has 0 aliphatic heterocycles. The lowest BCUT2D eigenvalue weighted by atomic mass is 10.3. The zero-order chi connectivity index (χ0) is 14.4. The van der Waals surface area contributed by atoms with E-state index in [-0.39, 0.29) is 5.91 Å². The molecule has 1 aliphatic rings. The van der Waals surface area contributed by atoms with Crippen LogP contribution in [0.25, 0.3) is 10.3 Å². The number of fused-ring (bicyclic) bond motifs is 2. The summed E-state index contributed by atoms with van der Waals surface area (Å²) in [6.07, 6.45) is 6.37. The summed E-state index contributed by atoms with van der Waals surface area (Å²) in [7, 11) is 0. The van der Waals surface area contributed by atoms with Crippen LogP contribution in [0.15, 0.2) is 12.4 Å². The van der Waals surface area contributed by atoms with E-state index in [0.717, 1.165) is 25.0 Å². The van der Waals surface area contributed by atoms with Crippen LogP contribution < -0.4 is 11.1 Å². The molecule has 4 rings (SSSR count). The minimum Gasteiger partial charge on any atom is -0.396 e. The van der Waals surface area contributed by atoms with Crippen molar-refractivity contribution in [2.24, 2.45) is 0 Å². The third kappa shape index (κ3) is 2.07. The molecule has 0 fully saturated rings. The number of hydrogen-bond donors (Lipinski definition) is 2. The number of aromatic nitrogens is 3. The number of nitrogen functional groups attached to an aromatic ring is 1. The fourth-order valence-electron chi connectivity index (χ4n) is 2.41. The number of hydrogen-bond acceptors (Lipinski definition) is 7. The van der Waals surface area contributed by atoms with Gasteiger partial charge in [0.2, 0.25) is 0 Å². The molecule has 106 valence electrons. The van der Waals surface area contributed by atoms with E-state index in [2.05, 4.69) is 20.3 Å². The number of amides is 1. The van der Waals surface area contributed by atoms with Crippen molar-refractivity contribution >= 4 is 49.7 Å². The van der Waals surface area contributed by atoms with Crippen molar-refractivity contribution in [3.8, 4) is 0 Å². The first-order valence-electron chi connectivity index (χ1n) is 6.51. The zero-order valence-corrected chi connectivity index (χ0v) is 12.6. The van der Waals surface area contributed by atoms with Gasteiger partial charge in [0.15, 0.2) is 5.13 Å². The molecule has 3 N–H and O–H groups in total. The summed E-state index contributed by atoms with van der Waals surface area (Å²) < 4.78 is 0. The smallest absolute Gasteiger partial charge is 0.269 e. The highest BCUT2D eigenvalue weighted by molar-refractivity contribution is 7.21. The molecule has 0 radical (unpaired) electrons. The average Bonchev–Trinajstić information content (AvgIpc) is 3.13. The summed E-state index contributed by atoms with van der Waals surface area (Å²) >= 11 is 2.80. The summed E-state index contributed by atoms with van der Waals surface area (Å²) in [5.41, 5.74) is 8.07. The number of aryl methyl sites for hydroxylation is 2. The van der Waals surface area contributed by atoms with Gasteiger partial charge in [0, 0.05) is 17.3 Å². The quantitative estimate of drug-likeness (QED) is 0.757. The number of nitrogens with two attached hydrogens (primary N) is 1. The highest BCUT2D eigenvalue weighted by Gasteiger charge is 2.21. The second-order valence-electron chi connectivity index (χ2n) is 4.75. The van der Waals surface area contributed by atoms with Gasteiger partial charge in [-0.1, -0.05) is 0 Å². The largest absolute Gasteiger partial charge is 0.396 e. The van der Waals surface area contributed by atoms with E-state index in [1.807, 2.05) is 0 Å². The van der Waals surface area contributed by atoms with E-state index in [4.69, 9.17) is 5.73 Å². The van der Waals surface area contributed by atoms with Crippen LogP contribution in [0.3, 0.4) is 0 Å². The van der Waals surface area contributed by atoms with Crippen LogP contribution in [0.2, 0.25) is 0 Å². The molecule has 0 aromatic carbocycles. The highest BCUT2D eigenvalue weighted by Crippen LogP contribution is 2.33. The fraction of sp³-hybridized carbons (Fsp3) is 0.231. The van der Waals surface area contributed by atoms with E-state index in [0.29, 0.717) is 26.0 Å². The van der Waals surface area contributed by atoms with Crippen molar-refractivity contribution in [1.29, 1.82) is 0 Å². The van der Waals surface area contributed by atoms with Crippen LogP contribution in [0.4, 0.5) is 10.8 Å². The molecular formula is C13H11N5OS2. The number of anilines is 2. The summed E-state index contributed by atoms with van der Waals surface area (Å²) in [4.78, 5) is 27.5. The third-order valence-electron chi connectivity index (χ3n) is 3.39. The Morgan fingerprint density at radius 3 is 2.90 bits per heavy atom. The van der Waals surface area contributed by atoms with Gasteiger partial charge in [-0.25, -0.2) is 15.0 Å². The molecule has 8 heteroatoms. The van der Waals surface area contributed by atoms with Crippen molar-refractivity contribution < 1.29 is 4.79 Å². The van der Waals surface area contributed by atoms with Crippen LogP contribution in [0, 0.1) is 0 Å². The van der Waals surface area contributed by atoms with E-state index < -0.39 is 0 Å². The summed E-state index contributed by atoms with van der Waals surface area (Å²) in [6.45, 7) is 0. The Kier molecular flexibility index (Phi) is 2.86. The van der Waals surface area contributed by atoms with Gasteiger partial charge in [0.1, 0.15) is 15.2 Å². The van der Waals surface area contributed by atoms with Crippen LogP contribution in [-0.2, 0) is 12.8 Å². The van der Waals surface area contributed by atoms with E-state index in [1.165, 1.54) is 16.2 Å². The van der Waals surface area contributed by atoms with Gasteiger partial charge in [-0.2, -0.15) is 0 Å². The van der Waals surface area contributed by atoms with E-state index >= 15 is 0 Å². The van der Waals surface area contributed by atoms with Crippen LogP contribution in [0.5, 0.6) is 0 Å². The second-order valence-corrected chi connectivity index (χ2v) is 6.83. The number of rotatable bonds is 2. The minimum absolute atomic E-state index is 0.246. The molecule has 0 atom stereocenters. The number of thiophene rings is 1. The zero-order valence-electron chi connectivity index (χ0n) is 10.9. The third-order valence-corrected chi connectivity index (χ3v) is 5.56. The predicted octanol–water partition coefficient (Wildman–Crippen LogP) is 2.47. The molecule has 3 heterocycles. The van der Waals surface area contributed by atoms with Crippen molar-refractivity contribution in [1.82, 2.24) is 15.0 Å². The van der Waals surface area contributed by atoms with Gasteiger partial charge < -0.3 is 5.73 Å². The van der Waals surface area contributed by atoms with Gasteiger partial charge in [-0.05, 0) is 19.3 Å². The minimum atomic E-state index is -0.246. The maximum Gasteiger partial charge on any atom is 0.269 e. The molecule has 6 nitrogen and oxygen atoms in total. The summed E-state index contributed by atoms with van der Waals surface area (Å²) in [5.74, 6) is -0.246. The topological polar surface area (TPSA) is 93.8 Å². The average molecular weight is 317 g/mol. The van der Waals surface area contributed by atoms with Gasteiger partial charge >= 0.3 is 0 Å². The molecule has 0 saturated heterocycles. The number of nitrogens with zero attached hydrogens (tertiary/aromatic N) is 3. The van der Waals surface area contributed by atoms with Crippen molar-refractivity contribution in [2.45, 2.75) is 19.3 Å². The maximum atomic E-state index is 12.4. The second kappa shape index (κ2) is 4.74. The first-order valence-corrected chi connectivity index (χ1v) is 8.14. The molecule has 1 aliphatic carbocycles. The van der Waals surface area contributed by atoms with Crippen LogP contribution >= 0.6 is 22.7 Å². The van der Waals surface area contributed by atoms with Crippen molar-refractivity contribution in [3.63, 3.8) is 0 Å². The van der Waals surface area contributed by atoms with E-state index in [1.54, 1.807) is 23.7 Å². The van der Waals surface area contributed by atoms with Crippen LogP contribution in [0.1, 0.15) is 26.7 Å². The van der Waals surface area contributed by atoms with Gasteiger partial charge in [0.25, 0.3) is 5.91 Å². The highest BCUT2D eigenvalue weighted by atomic mass is 32.1. The Balaban J connectivity index is 1.65. The Bertz CT molecular complexity index is 832. The Labute approximate surface area is 128 Å². The summed E-state index contributed by atoms with van der Waals surface area (Å²) in [6, 6.07) is 0. The first kappa shape index (κ1) is 12.7. The lowest BCUT2D eigenvalue weighted by Gasteiger charge is -2.00. The molecule has 0 bridgehead atoms. The predicted molar refractivity (Wildman–Crippen MR) is 83.9 cm³/mol. The number of thiazole rings is 1. The molecule has 0 unspecified atom stereocenters. The lowest BCUT2D eigenvalue weighted by Crippen LogP contribution is -2.11. The van der Waals surface area contributed by atoms with E-state index in [9.17, 15) is 4.79 Å². The SMILES string of the molecule is Nc1c(C(=O)Nc2nc3c(s2)CCC3)sc2nccnc12. The van der Waals surface area contributed by atoms with Crippen molar-refractivity contribution in [2.75, 3.05) is 11.1 Å². The van der Waals surface area contributed by atoms with Crippen molar-refractivity contribution in [3.05, 3.63) is 27.8 Å². The molecule has 1 amide bonds. The van der Waals surface area contributed by atoms with Crippen LogP contribution in [-0.4, -0.2) is 20.9 Å². The first-order chi connectivity index (χ1) is 10.2. The molecular weight excluding hydrogens is 306 g/mol.